The first-order valence-electron chi connectivity index (χ1n) is 12.3. The number of halogens is 5. The summed E-state index contributed by atoms with van der Waals surface area (Å²) < 4.78 is 80.1. The Morgan fingerprint density at radius 2 is 1.76 bits per heavy atom. The lowest BCUT2D eigenvalue weighted by Gasteiger charge is -2.17. The average molecular weight is 608 g/mol. The van der Waals surface area contributed by atoms with Crippen LogP contribution in [-0.4, -0.2) is 29.2 Å². The maximum Gasteiger partial charge on any atom is 0.417 e. The average Bonchev–Trinajstić information content (AvgIpc) is 3.67. The van der Waals surface area contributed by atoms with Gasteiger partial charge in [-0.1, -0.05) is 17.7 Å². The summed E-state index contributed by atoms with van der Waals surface area (Å²) in [4.78, 5) is 31.7. The monoisotopic (exact) mass is 607 g/mol. The van der Waals surface area contributed by atoms with E-state index in [0.717, 1.165) is 18.4 Å². The molecule has 1 fully saturated rings. The molecule has 2 atom stereocenters. The van der Waals surface area contributed by atoms with Gasteiger partial charge in [0.25, 0.3) is 11.1 Å². The molecule has 1 aliphatic rings. The molecule has 214 valence electrons. The van der Waals surface area contributed by atoms with Gasteiger partial charge in [0.1, 0.15) is 9.92 Å². The Bertz CT molecular complexity index is 1950. The van der Waals surface area contributed by atoms with Gasteiger partial charge in [0.05, 0.1) is 16.9 Å². The van der Waals surface area contributed by atoms with Crippen LogP contribution in [0, 0.1) is 19.7 Å². The molecule has 3 heterocycles. The van der Waals surface area contributed by atoms with Crippen molar-refractivity contribution in [2.45, 2.75) is 43.2 Å². The first-order chi connectivity index (χ1) is 19.1. The number of hydrogen-bond donors (Lipinski definition) is 1. The van der Waals surface area contributed by atoms with Crippen LogP contribution < -0.4 is 11.1 Å². The van der Waals surface area contributed by atoms with Gasteiger partial charge < -0.3 is 4.98 Å². The van der Waals surface area contributed by atoms with Gasteiger partial charge in [0, 0.05) is 35.5 Å². The van der Waals surface area contributed by atoms with Gasteiger partial charge in [-0.05, 0) is 73.6 Å². The maximum atomic E-state index is 15.2. The summed E-state index contributed by atoms with van der Waals surface area (Å²) in [6, 6.07) is 7.83. The second kappa shape index (κ2) is 9.95. The summed E-state index contributed by atoms with van der Waals surface area (Å²) >= 11 is 6.52. The zero-order valence-electron chi connectivity index (χ0n) is 21.8. The summed E-state index contributed by atoms with van der Waals surface area (Å²) in [6.07, 6.45) is -1.36. The number of H-pyrrole nitrogens is 1. The number of nitrogens with zero attached hydrogens (tertiary/aromatic N) is 2. The fourth-order valence-electron chi connectivity index (χ4n) is 5.02. The molecule has 0 spiro atoms. The number of hydrogen-bond acceptors (Lipinski definition) is 5. The van der Waals surface area contributed by atoms with E-state index in [1.165, 1.54) is 29.0 Å². The largest absolute Gasteiger partial charge is 0.417 e. The second-order valence-corrected chi connectivity index (χ2v) is 12.4. The van der Waals surface area contributed by atoms with Crippen molar-refractivity contribution in [3.63, 3.8) is 0 Å². The van der Waals surface area contributed by atoms with Crippen LogP contribution in [0.15, 0.2) is 63.3 Å². The van der Waals surface area contributed by atoms with Crippen molar-refractivity contribution >= 4 is 21.4 Å². The predicted octanol–water partition coefficient (Wildman–Crippen LogP) is 5.69. The molecule has 0 aliphatic heterocycles. The third kappa shape index (κ3) is 5.21. The lowest BCUT2D eigenvalue weighted by atomic mass is 10.0. The maximum absolute atomic E-state index is 15.2. The number of nitrogens with one attached hydrogen (secondary N) is 1. The van der Waals surface area contributed by atoms with Crippen molar-refractivity contribution < 1.29 is 26.0 Å². The lowest BCUT2D eigenvalue weighted by Crippen LogP contribution is -2.23. The van der Waals surface area contributed by atoms with E-state index in [2.05, 4.69) is 9.97 Å². The molecule has 1 N–H and O–H groups in total. The number of aromatic nitrogens is 3. The van der Waals surface area contributed by atoms with E-state index < -0.39 is 55.2 Å². The van der Waals surface area contributed by atoms with Crippen LogP contribution in [0.4, 0.5) is 17.6 Å². The number of pyridine rings is 3. The van der Waals surface area contributed by atoms with E-state index in [-0.39, 0.29) is 21.8 Å². The van der Waals surface area contributed by atoms with Crippen LogP contribution in [0.5, 0.6) is 0 Å². The minimum atomic E-state index is -4.63. The topological polar surface area (TPSA) is 102 Å². The van der Waals surface area contributed by atoms with Crippen molar-refractivity contribution in [2.75, 3.05) is 6.26 Å². The molecule has 0 radical (unpaired) electrons. The summed E-state index contributed by atoms with van der Waals surface area (Å²) in [7, 11) is -3.85. The molecule has 3 aromatic heterocycles. The standard InChI is InChI=1S/C28H22ClF4N3O4S/c1-13-11-34-21(16-5-4-6-23(25(16)30)41(3,39)40)10-22(13)36-14(2)7-19(24(29)27(36)38)17-9-18(17)20-8-15(28(31,32)33)12-35-26(20)37/h4-8,10-12,17-18H,9H2,1-3H3,(H,35,37)/t17-,18?/m1/s1. The fourth-order valence-corrected chi connectivity index (χ4v) is 6.06. The zero-order valence-corrected chi connectivity index (χ0v) is 23.4. The Hall–Kier alpha value is -3.77. The summed E-state index contributed by atoms with van der Waals surface area (Å²) in [6.45, 7) is 3.32. The van der Waals surface area contributed by atoms with Crippen LogP contribution in [0.3, 0.4) is 0 Å². The van der Waals surface area contributed by atoms with Crippen LogP contribution in [-0.2, 0) is 16.0 Å². The minimum Gasteiger partial charge on any atom is -0.328 e. The van der Waals surface area contributed by atoms with Crippen molar-refractivity contribution in [1.82, 2.24) is 14.5 Å². The summed E-state index contributed by atoms with van der Waals surface area (Å²) in [5.41, 5.74) is -0.530. The quantitative estimate of drug-likeness (QED) is 0.294. The lowest BCUT2D eigenvalue weighted by molar-refractivity contribution is -0.137. The van der Waals surface area contributed by atoms with E-state index in [4.69, 9.17) is 11.6 Å². The molecule has 7 nitrogen and oxygen atoms in total. The Morgan fingerprint density at radius 1 is 1.07 bits per heavy atom. The first-order valence-corrected chi connectivity index (χ1v) is 14.5. The van der Waals surface area contributed by atoms with Gasteiger partial charge in [-0.25, -0.2) is 12.8 Å². The van der Waals surface area contributed by atoms with E-state index in [1.807, 2.05) is 0 Å². The van der Waals surface area contributed by atoms with E-state index >= 15 is 4.39 Å². The number of benzene rings is 1. The van der Waals surface area contributed by atoms with E-state index in [9.17, 15) is 31.2 Å². The summed E-state index contributed by atoms with van der Waals surface area (Å²) in [5.74, 6) is -1.96. The van der Waals surface area contributed by atoms with E-state index in [1.54, 1.807) is 19.9 Å². The molecule has 1 unspecified atom stereocenters. The molecular weight excluding hydrogens is 586 g/mol. The van der Waals surface area contributed by atoms with Gasteiger partial charge in [-0.2, -0.15) is 13.2 Å². The Balaban J connectivity index is 1.56. The van der Waals surface area contributed by atoms with E-state index in [0.29, 0.717) is 35.1 Å². The van der Waals surface area contributed by atoms with Crippen LogP contribution in [0.25, 0.3) is 16.9 Å². The third-order valence-corrected chi connectivity index (χ3v) is 8.66. The van der Waals surface area contributed by atoms with Crippen molar-refractivity contribution in [1.29, 1.82) is 0 Å². The smallest absolute Gasteiger partial charge is 0.328 e. The Kier molecular flexibility index (Phi) is 6.98. The number of aryl methyl sites for hydroxylation is 2. The van der Waals surface area contributed by atoms with Crippen molar-refractivity contribution in [2.24, 2.45) is 0 Å². The minimum absolute atomic E-state index is 0.0318. The van der Waals surface area contributed by atoms with Gasteiger partial charge >= 0.3 is 6.18 Å². The van der Waals surface area contributed by atoms with Gasteiger partial charge in [0.15, 0.2) is 15.7 Å². The highest BCUT2D eigenvalue weighted by atomic mass is 35.5. The number of sulfone groups is 1. The SMILES string of the molecule is Cc1cnc(-c2cccc(S(C)(=O)=O)c2F)cc1-n1c(C)cc([C@@H]2CC2c2cc(C(F)(F)F)c[nH]c2=O)c(Cl)c1=O. The molecule has 1 aromatic carbocycles. The molecule has 1 saturated carbocycles. The predicted molar refractivity (Wildman–Crippen MR) is 145 cm³/mol. The molecule has 0 bridgehead atoms. The number of aromatic amines is 1. The highest BCUT2D eigenvalue weighted by molar-refractivity contribution is 7.90. The number of alkyl halides is 3. The zero-order chi connectivity index (χ0) is 30.0. The fraction of sp³-hybridized carbons (Fsp3) is 0.250. The third-order valence-electron chi connectivity index (χ3n) is 7.16. The van der Waals surface area contributed by atoms with Gasteiger partial charge in [-0.3, -0.25) is 19.1 Å². The van der Waals surface area contributed by atoms with Gasteiger partial charge in [0.2, 0.25) is 0 Å². The van der Waals surface area contributed by atoms with Crippen molar-refractivity contribution in [3.05, 3.63) is 108 Å². The molecule has 5 rings (SSSR count). The first kappa shape index (κ1) is 28.7. The normalized spacial score (nSPS) is 17.1. The second-order valence-electron chi connectivity index (χ2n) is 10.1. The molecule has 0 amide bonds. The Morgan fingerprint density at radius 3 is 2.41 bits per heavy atom. The molecular formula is C28H22ClF4N3O4S. The highest BCUT2D eigenvalue weighted by Gasteiger charge is 2.44. The van der Waals surface area contributed by atoms with Crippen LogP contribution in [0.2, 0.25) is 5.02 Å². The van der Waals surface area contributed by atoms with Crippen LogP contribution >= 0.6 is 11.6 Å². The molecule has 0 saturated heterocycles. The number of rotatable bonds is 5. The Labute approximate surface area is 236 Å². The summed E-state index contributed by atoms with van der Waals surface area (Å²) in [5, 5.41) is -0.158. The van der Waals surface area contributed by atoms with Crippen LogP contribution in [0.1, 0.15) is 46.2 Å². The molecule has 1 aliphatic carbocycles. The van der Waals surface area contributed by atoms with Crippen molar-refractivity contribution in [3.8, 4) is 16.9 Å². The molecule has 4 aromatic rings. The molecule has 41 heavy (non-hydrogen) atoms. The molecule has 13 heteroatoms. The van der Waals surface area contributed by atoms with Gasteiger partial charge in [-0.15, -0.1) is 0 Å². The highest BCUT2D eigenvalue weighted by Crippen LogP contribution is 2.55.